The summed E-state index contributed by atoms with van der Waals surface area (Å²) in [6, 6.07) is 45.7. The van der Waals surface area contributed by atoms with Crippen LogP contribution < -0.4 is 4.74 Å². The molecule has 2 heterocycles. The summed E-state index contributed by atoms with van der Waals surface area (Å²) in [5, 5.41) is 5.08. The van der Waals surface area contributed by atoms with E-state index in [1.165, 1.54) is 12.8 Å². The lowest BCUT2D eigenvalue weighted by Gasteiger charge is -2.45. The highest BCUT2D eigenvalue weighted by molar-refractivity contribution is 5.38. The second-order valence-corrected chi connectivity index (χ2v) is 15.7. The fraction of sp³-hybridized carbons (Fsp3) is 0.340. The second kappa shape index (κ2) is 19.7. The van der Waals surface area contributed by atoms with Crippen LogP contribution in [0.3, 0.4) is 0 Å². The summed E-state index contributed by atoms with van der Waals surface area (Å²) >= 11 is 0. The molecule has 1 unspecified atom stereocenters. The number of halogens is 1. The Morgan fingerprint density at radius 3 is 1.69 bits per heavy atom. The zero-order valence-corrected chi connectivity index (χ0v) is 33.8. The molecule has 5 aromatic carbocycles. The molecule has 1 aromatic heterocycles. The van der Waals surface area contributed by atoms with E-state index in [9.17, 15) is 4.39 Å². The molecule has 8 nitrogen and oxygen atoms in total. The quantitative estimate of drug-likeness (QED) is 0.0809. The van der Waals surface area contributed by atoms with Crippen LogP contribution in [-0.4, -0.2) is 47.1 Å². The molecule has 59 heavy (non-hydrogen) atoms. The Morgan fingerprint density at radius 1 is 0.627 bits per heavy atom. The van der Waals surface area contributed by atoms with Gasteiger partial charge in [-0.2, -0.15) is 0 Å². The minimum Gasteiger partial charge on any atom is -0.443 e. The summed E-state index contributed by atoms with van der Waals surface area (Å²) in [4.78, 5) is 0. The first kappa shape index (κ1) is 40.6. The summed E-state index contributed by atoms with van der Waals surface area (Å²) in [6.07, 6.45) is -0.840. The predicted octanol–water partition coefficient (Wildman–Crippen LogP) is 9.72. The van der Waals surface area contributed by atoms with Gasteiger partial charge in [-0.1, -0.05) is 133 Å². The van der Waals surface area contributed by atoms with Crippen LogP contribution in [0.4, 0.5) is 4.39 Å². The predicted molar refractivity (Wildman–Crippen MR) is 224 cm³/mol. The van der Waals surface area contributed by atoms with Crippen molar-refractivity contribution in [2.24, 2.45) is 5.92 Å². The zero-order chi connectivity index (χ0) is 40.4. The highest BCUT2D eigenvalue weighted by atomic mass is 19.1. The van der Waals surface area contributed by atoms with Crippen LogP contribution in [0.15, 0.2) is 140 Å². The Morgan fingerprint density at radius 2 is 1.15 bits per heavy atom. The SMILES string of the molecule is Cc1ccc(Cc2c(O[C@@H]3OC(COCc4ccccc4)[C@@H](OCc4ccccc4)[C@H](OCc4ccccc4)[C@H]3OCc3ccccc3)nn(CC3CC3)c2C)cc1F. The maximum Gasteiger partial charge on any atom is 0.239 e. The van der Waals surface area contributed by atoms with Crippen molar-refractivity contribution in [3.05, 3.63) is 190 Å². The lowest BCUT2D eigenvalue weighted by molar-refractivity contribution is -0.310. The molecular weight excluding hydrogens is 744 g/mol. The number of ether oxygens (including phenoxy) is 6. The van der Waals surface area contributed by atoms with Crippen LogP contribution in [-0.2, 0) is 63.1 Å². The highest BCUT2D eigenvalue weighted by Gasteiger charge is 2.50. The van der Waals surface area contributed by atoms with Crippen molar-refractivity contribution < 1.29 is 32.8 Å². The van der Waals surface area contributed by atoms with Crippen molar-refractivity contribution in [3.63, 3.8) is 0 Å². The number of nitrogens with zero attached hydrogens (tertiary/aromatic N) is 2. The zero-order valence-electron chi connectivity index (χ0n) is 33.8. The molecule has 0 spiro atoms. The third kappa shape index (κ3) is 10.9. The Hall–Kier alpha value is -5.16. The van der Waals surface area contributed by atoms with Crippen molar-refractivity contribution in [3.8, 4) is 5.88 Å². The topological polar surface area (TPSA) is 73.2 Å². The minimum absolute atomic E-state index is 0.204. The van der Waals surface area contributed by atoms with Gasteiger partial charge in [0.2, 0.25) is 12.2 Å². The number of aryl methyl sites for hydroxylation is 1. The van der Waals surface area contributed by atoms with E-state index in [2.05, 4.69) is 6.92 Å². The molecule has 6 aromatic rings. The second-order valence-electron chi connectivity index (χ2n) is 15.7. The number of hydrogen-bond donors (Lipinski definition) is 0. The molecule has 1 aliphatic carbocycles. The minimum atomic E-state index is -0.974. The maximum atomic E-state index is 14.9. The van der Waals surface area contributed by atoms with E-state index >= 15 is 0 Å². The van der Waals surface area contributed by atoms with E-state index in [-0.39, 0.29) is 19.0 Å². The van der Waals surface area contributed by atoms with Crippen LogP contribution in [0.2, 0.25) is 0 Å². The Kier molecular flexibility index (Phi) is 13.6. The standard InChI is InChI=1S/C50H53FN2O6/c1-35-23-24-42(28-44(35)51)27-43-36(2)53(29-37-25-26-37)52-49(43)59-50-48(57-33-41-21-13-6-14-22-41)47(56-32-40-19-11-5-12-20-40)46(55-31-39-17-9-4-10-18-39)45(58-50)34-54-30-38-15-7-3-8-16-38/h3-24,28,37,45-48,50H,25-27,29-34H2,1-2H3/t45?,46-,47+,48-,50+/m1/s1. The molecule has 0 radical (unpaired) electrons. The monoisotopic (exact) mass is 796 g/mol. The molecule has 5 atom stereocenters. The summed E-state index contributed by atoms with van der Waals surface area (Å²) in [5.74, 6) is 0.761. The van der Waals surface area contributed by atoms with Crippen LogP contribution in [0, 0.1) is 25.6 Å². The van der Waals surface area contributed by atoms with E-state index in [0.29, 0.717) is 43.6 Å². The van der Waals surface area contributed by atoms with Crippen molar-refractivity contribution >= 4 is 0 Å². The van der Waals surface area contributed by atoms with Crippen molar-refractivity contribution in [2.45, 2.75) is 96.8 Å². The molecule has 1 saturated heterocycles. The van der Waals surface area contributed by atoms with Gasteiger partial charge < -0.3 is 28.4 Å². The fourth-order valence-electron chi connectivity index (χ4n) is 7.48. The maximum absolute atomic E-state index is 14.9. The average Bonchev–Trinajstić information content (AvgIpc) is 4.05. The Bertz CT molecular complexity index is 2200. The van der Waals surface area contributed by atoms with E-state index in [0.717, 1.165) is 45.6 Å². The number of rotatable bonds is 19. The van der Waals surface area contributed by atoms with E-state index < -0.39 is 30.7 Å². The van der Waals surface area contributed by atoms with Crippen LogP contribution in [0.5, 0.6) is 5.88 Å². The molecule has 1 saturated carbocycles. The molecule has 2 aliphatic rings. The smallest absolute Gasteiger partial charge is 0.239 e. The number of benzene rings is 5. The first-order chi connectivity index (χ1) is 29.0. The van der Waals surface area contributed by atoms with Crippen molar-refractivity contribution in [1.29, 1.82) is 0 Å². The van der Waals surface area contributed by atoms with Gasteiger partial charge in [0.05, 0.1) is 33.0 Å². The van der Waals surface area contributed by atoms with E-state index in [1.54, 1.807) is 13.0 Å². The molecule has 9 heteroatoms. The average molecular weight is 797 g/mol. The largest absolute Gasteiger partial charge is 0.443 e. The van der Waals surface area contributed by atoms with Gasteiger partial charge in [-0.25, -0.2) is 4.39 Å². The van der Waals surface area contributed by atoms with Gasteiger partial charge >= 0.3 is 0 Å². The fourth-order valence-corrected chi connectivity index (χ4v) is 7.48. The first-order valence-corrected chi connectivity index (χ1v) is 20.7. The molecule has 306 valence electrons. The number of hydrogen-bond acceptors (Lipinski definition) is 7. The van der Waals surface area contributed by atoms with Crippen LogP contribution in [0.25, 0.3) is 0 Å². The van der Waals surface area contributed by atoms with Gasteiger partial charge in [-0.3, -0.25) is 4.68 Å². The molecule has 1 aliphatic heterocycles. The summed E-state index contributed by atoms with van der Waals surface area (Å²) < 4.78 is 58.0. The van der Waals surface area contributed by atoms with Gasteiger partial charge in [0, 0.05) is 24.2 Å². The van der Waals surface area contributed by atoms with Crippen LogP contribution >= 0.6 is 0 Å². The van der Waals surface area contributed by atoms with Gasteiger partial charge in [0.1, 0.15) is 30.2 Å². The van der Waals surface area contributed by atoms with Gasteiger partial charge in [-0.15, -0.1) is 5.10 Å². The van der Waals surface area contributed by atoms with Crippen molar-refractivity contribution in [2.75, 3.05) is 6.61 Å². The molecule has 0 bridgehead atoms. The highest BCUT2D eigenvalue weighted by Crippen LogP contribution is 2.36. The van der Waals surface area contributed by atoms with Gasteiger partial charge in [0.15, 0.2) is 0 Å². The van der Waals surface area contributed by atoms with Gasteiger partial charge in [-0.05, 0) is 72.1 Å². The Balaban J connectivity index is 1.16. The molecule has 8 rings (SSSR count). The lowest BCUT2D eigenvalue weighted by Crippen LogP contribution is -2.62. The molecular formula is C50H53FN2O6. The molecule has 2 fully saturated rings. The van der Waals surface area contributed by atoms with Gasteiger partial charge in [0.25, 0.3) is 0 Å². The number of aromatic nitrogens is 2. The van der Waals surface area contributed by atoms with E-state index in [1.807, 2.05) is 138 Å². The third-order valence-corrected chi connectivity index (χ3v) is 11.1. The summed E-state index contributed by atoms with van der Waals surface area (Å²) in [7, 11) is 0. The van der Waals surface area contributed by atoms with E-state index in [4.69, 9.17) is 33.5 Å². The third-order valence-electron chi connectivity index (χ3n) is 11.1. The Labute approximate surface area is 346 Å². The normalized spacial score (nSPS) is 20.4. The summed E-state index contributed by atoms with van der Waals surface area (Å²) in [6.45, 7) is 6.14. The van der Waals surface area contributed by atoms with Crippen LogP contribution in [0.1, 0.15) is 57.5 Å². The molecule has 0 amide bonds. The summed E-state index contributed by atoms with van der Waals surface area (Å²) in [5.41, 5.74) is 7.37. The first-order valence-electron chi connectivity index (χ1n) is 20.7. The molecule has 0 N–H and O–H groups in total. The van der Waals surface area contributed by atoms with Crippen molar-refractivity contribution in [1.82, 2.24) is 9.78 Å². The lowest BCUT2D eigenvalue weighted by atomic mass is 9.97.